The molecule has 0 amide bonds. The number of rotatable bonds is 3. The number of nitrogen functional groups attached to an aromatic ring is 1. The minimum atomic E-state index is 0.619. The summed E-state index contributed by atoms with van der Waals surface area (Å²) in [6, 6.07) is 8.20. The molecule has 32 heavy (non-hydrogen) atoms. The van der Waals surface area contributed by atoms with Crippen molar-refractivity contribution < 1.29 is 0 Å². The second-order valence-corrected chi connectivity index (χ2v) is 8.27. The van der Waals surface area contributed by atoms with Crippen LogP contribution in [0.2, 0.25) is 0 Å². The highest BCUT2D eigenvalue weighted by molar-refractivity contribution is 5.98. The summed E-state index contributed by atoms with van der Waals surface area (Å²) in [4.78, 5) is 21.6. The molecular formula is C23H23N9. The molecule has 9 heteroatoms. The van der Waals surface area contributed by atoms with Gasteiger partial charge in [0.15, 0.2) is 5.65 Å². The average Bonchev–Trinajstić information content (AvgIpc) is 3.43. The van der Waals surface area contributed by atoms with Gasteiger partial charge in [0.2, 0.25) is 0 Å². The number of aromatic nitrogens is 6. The lowest BCUT2D eigenvalue weighted by molar-refractivity contribution is 0.313. The molecule has 0 radical (unpaired) electrons. The van der Waals surface area contributed by atoms with Crippen LogP contribution in [0.5, 0.6) is 0 Å². The van der Waals surface area contributed by atoms with Crippen LogP contribution in [0.4, 0.5) is 11.4 Å². The largest absolute Gasteiger partial charge is 0.397 e. The number of pyridine rings is 3. The van der Waals surface area contributed by atoms with Gasteiger partial charge in [0.1, 0.15) is 11.3 Å². The normalized spacial score (nSPS) is 15.1. The smallest absolute Gasteiger partial charge is 0.155 e. The first-order valence-corrected chi connectivity index (χ1v) is 10.6. The molecule has 5 aromatic rings. The number of fused-ring (bicyclic) bond motifs is 2. The zero-order valence-corrected chi connectivity index (χ0v) is 17.7. The molecule has 0 aliphatic carbocycles. The number of H-pyrrole nitrogens is 2. The molecular weight excluding hydrogens is 402 g/mol. The SMILES string of the molecule is CN1CCN(c2ccnc3[nH]c(-c4n[nH]c5ncc(-c6cncc(N)c6)cc45)cc23)CC1. The summed E-state index contributed by atoms with van der Waals surface area (Å²) >= 11 is 0. The van der Waals surface area contributed by atoms with Crippen LogP contribution in [0.15, 0.2) is 49.1 Å². The van der Waals surface area contributed by atoms with Crippen molar-refractivity contribution in [3.8, 4) is 22.5 Å². The molecule has 0 bridgehead atoms. The summed E-state index contributed by atoms with van der Waals surface area (Å²) in [7, 11) is 2.17. The maximum atomic E-state index is 5.92. The molecule has 0 spiro atoms. The standard InChI is InChI=1S/C23H23N9/c1-31-4-6-32(7-5-31)20-2-3-26-22-17(20)10-19(28-22)21-18-9-15(12-27-23(18)30-29-21)14-8-16(24)13-25-11-14/h2-3,8-13H,4-7,24H2,1H3,(H,26,28)(H,27,29,30). The maximum Gasteiger partial charge on any atom is 0.155 e. The molecule has 0 aromatic carbocycles. The van der Waals surface area contributed by atoms with E-state index in [4.69, 9.17) is 5.73 Å². The molecule has 4 N–H and O–H groups in total. The summed E-state index contributed by atoms with van der Waals surface area (Å²) in [5, 5.41) is 9.64. The summed E-state index contributed by atoms with van der Waals surface area (Å²) in [5.74, 6) is 0. The number of hydrogen-bond donors (Lipinski definition) is 3. The molecule has 0 unspecified atom stereocenters. The first kappa shape index (κ1) is 18.8. The highest BCUT2D eigenvalue weighted by Gasteiger charge is 2.19. The van der Waals surface area contributed by atoms with Gasteiger partial charge in [-0.25, -0.2) is 9.97 Å². The maximum absolute atomic E-state index is 5.92. The fraction of sp³-hybridized carbons (Fsp3) is 0.217. The summed E-state index contributed by atoms with van der Waals surface area (Å²) < 4.78 is 0. The molecule has 0 atom stereocenters. The predicted octanol–water partition coefficient (Wildman–Crippen LogP) is 2.90. The van der Waals surface area contributed by atoms with Gasteiger partial charge in [-0.15, -0.1) is 0 Å². The Hall–Kier alpha value is -3.98. The van der Waals surface area contributed by atoms with Crippen LogP contribution in [0.3, 0.4) is 0 Å². The fourth-order valence-electron chi connectivity index (χ4n) is 4.35. The third-order valence-electron chi connectivity index (χ3n) is 6.12. The zero-order chi connectivity index (χ0) is 21.7. The van der Waals surface area contributed by atoms with Gasteiger partial charge in [-0.05, 0) is 31.3 Å². The van der Waals surface area contributed by atoms with E-state index >= 15 is 0 Å². The number of hydrogen-bond acceptors (Lipinski definition) is 7. The third kappa shape index (κ3) is 3.14. The fourth-order valence-corrected chi connectivity index (χ4v) is 4.35. The van der Waals surface area contributed by atoms with Gasteiger partial charge in [0, 0.05) is 78.6 Å². The Morgan fingerprint density at radius 3 is 2.59 bits per heavy atom. The number of nitrogens with zero attached hydrogens (tertiary/aromatic N) is 6. The third-order valence-corrected chi connectivity index (χ3v) is 6.12. The zero-order valence-electron chi connectivity index (χ0n) is 17.7. The van der Waals surface area contributed by atoms with Crippen LogP contribution in [0.1, 0.15) is 0 Å². The molecule has 1 saturated heterocycles. The molecule has 1 aliphatic heterocycles. The summed E-state index contributed by atoms with van der Waals surface area (Å²) in [5.41, 5.74) is 12.9. The van der Waals surface area contributed by atoms with Crippen molar-refractivity contribution in [3.63, 3.8) is 0 Å². The van der Waals surface area contributed by atoms with Crippen molar-refractivity contribution in [2.24, 2.45) is 0 Å². The lowest BCUT2D eigenvalue weighted by Gasteiger charge is -2.34. The monoisotopic (exact) mass is 425 g/mol. The summed E-state index contributed by atoms with van der Waals surface area (Å²) in [6.07, 6.45) is 7.09. The van der Waals surface area contributed by atoms with Gasteiger partial charge in [0.25, 0.3) is 0 Å². The number of piperazine rings is 1. The number of likely N-dealkylation sites (N-methyl/N-ethyl adjacent to an activating group) is 1. The van der Waals surface area contributed by atoms with Crippen LogP contribution >= 0.6 is 0 Å². The molecule has 1 fully saturated rings. The van der Waals surface area contributed by atoms with Gasteiger partial charge in [0.05, 0.1) is 11.4 Å². The van der Waals surface area contributed by atoms with Gasteiger partial charge in [-0.2, -0.15) is 5.10 Å². The highest BCUT2D eigenvalue weighted by Crippen LogP contribution is 2.33. The van der Waals surface area contributed by atoms with Gasteiger partial charge < -0.3 is 20.5 Å². The lowest BCUT2D eigenvalue weighted by Crippen LogP contribution is -2.44. The minimum absolute atomic E-state index is 0.619. The minimum Gasteiger partial charge on any atom is -0.397 e. The quantitative estimate of drug-likeness (QED) is 0.407. The van der Waals surface area contributed by atoms with E-state index in [1.54, 1.807) is 18.6 Å². The van der Waals surface area contributed by atoms with E-state index in [0.717, 1.165) is 70.8 Å². The lowest BCUT2D eigenvalue weighted by atomic mass is 10.1. The Labute approximate surface area is 184 Å². The van der Waals surface area contributed by atoms with Crippen molar-refractivity contribution in [1.29, 1.82) is 0 Å². The van der Waals surface area contributed by atoms with Crippen LogP contribution in [0, 0.1) is 0 Å². The Kier molecular flexibility index (Phi) is 4.29. The molecule has 5 aromatic heterocycles. The van der Waals surface area contributed by atoms with Crippen molar-refractivity contribution in [1.82, 2.24) is 35.0 Å². The van der Waals surface area contributed by atoms with Crippen molar-refractivity contribution in [2.75, 3.05) is 43.9 Å². The van der Waals surface area contributed by atoms with E-state index in [9.17, 15) is 0 Å². The van der Waals surface area contributed by atoms with Crippen LogP contribution in [-0.4, -0.2) is 68.3 Å². The topological polar surface area (TPSA) is 116 Å². The Bertz CT molecular complexity index is 1430. The van der Waals surface area contributed by atoms with E-state index < -0.39 is 0 Å². The van der Waals surface area contributed by atoms with E-state index in [1.165, 1.54) is 5.69 Å². The second kappa shape index (κ2) is 7.31. The van der Waals surface area contributed by atoms with Gasteiger partial charge in [-0.3, -0.25) is 10.1 Å². The van der Waals surface area contributed by atoms with Crippen molar-refractivity contribution in [2.45, 2.75) is 0 Å². The Morgan fingerprint density at radius 1 is 0.906 bits per heavy atom. The molecule has 6 rings (SSSR count). The molecule has 1 aliphatic rings. The first-order chi connectivity index (χ1) is 15.7. The number of aromatic amines is 2. The second-order valence-electron chi connectivity index (χ2n) is 8.27. The van der Waals surface area contributed by atoms with Crippen molar-refractivity contribution >= 4 is 33.4 Å². The van der Waals surface area contributed by atoms with Crippen molar-refractivity contribution in [3.05, 3.63) is 49.1 Å². The van der Waals surface area contributed by atoms with Crippen LogP contribution < -0.4 is 10.6 Å². The predicted molar refractivity (Wildman–Crippen MR) is 126 cm³/mol. The Morgan fingerprint density at radius 2 is 1.75 bits per heavy atom. The molecule has 6 heterocycles. The van der Waals surface area contributed by atoms with E-state index in [-0.39, 0.29) is 0 Å². The van der Waals surface area contributed by atoms with Gasteiger partial charge in [-0.1, -0.05) is 0 Å². The van der Waals surface area contributed by atoms with E-state index in [0.29, 0.717) is 5.69 Å². The molecule has 0 saturated carbocycles. The molecule has 9 nitrogen and oxygen atoms in total. The average molecular weight is 426 g/mol. The Balaban J connectivity index is 1.44. The van der Waals surface area contributed by atoms with E-state index in [2.05, 4.69) is 65.2 Å². The van der Waals surface area contributed by atoms with Crippen LogP contribution in [0.25, 0.3) is 44.6 Å². The number of nitrogens with one attached hydrogen (secondary N) is 2. The number of nitrogens with two attached hydrogens (primary N) is 1. The highest BCUT2D eigenvalue weighted by atomic mass is 15.2. The van der Waals surface area contributed by atoms with Gasteiger partial charge >= 0.3 is 0 Å². The number of anilines is 2. The summed E-state index contributed by atoms with van der Waals surface area (Å²) in [6.45, 7) is 4.11. The van der Waals surface area contributed by atoms with Crippen LogP contribution in [-0.2, 0) is 0 Å². The molecule has 160 valence electrons. The first-order valence-electron chi connectivity index (χ1n) is 10.6. The van der Waals surface area contributed by atoms with E-state index in [1.807, 2.05) is 12.3 Å².